The van der Waals surface area contributed by atoms with Gasteiger partial charge in [-0.2, -0.15) is 13.2 Å². The van der Waals surface area contributed by atoms with Crippen LogP contribution in [-0.2, 0) is 30.5 Å². The largest absolute Gasteiger partial charge is 0.451 e. The fraction of sp³-hybridized carbons (Fsp3) is 0.438. The van der Waals surface area contributed by atoms with Crippen molar-refractivity contribution < 1.29 is 31.1 Å². The summed E-state index contributed by atoms with van der Waals surface area (Å²) in [5.41, 5.74) is -0.130. The van der Waals surface area contributed by atoms with Gasteiger partial charge in [-0.15, -0.1) is 10.2 Å². The second-order valence-corrected chi connectivity index (χ2v) is 6.72. The second kappa shape index (κ2) is 6.47. The van der Waals surface area contributed by atoms with Crippen molar-refractivity contribution in [2.24, 2.45) is 0 Å². The molecular formula is C16H13F6N5O. The quantitative estimate of drug-likeness (QED) is 0.613. The maximum absolute atomic E-state index is 13.9. The molecule has 1 N–H and O–H groups in total. The van der Waals surface area contributed by atoms with Crippen molar-refractivity contribution in [3.05, 3.63) is 46.8 Å². The minimum absolute atomic E-state index is 0.0174. The van der Waals surface area contributed by atoms with E-state index in [1.807, 2.05) is 0 Å². The summed E-state index contributed by atoms with van der Waals surface area (Å²) in [7, 11) is 0. The number of hydrogen-bond acceptors (Lipinski definition) is 4. The van der Waals surface area contributed by atoms with Gasteiger partial charge in [0.2, 0.25) is 11.7 Å². The lowest BCUT2D eigenvalue weighted by Gasteiger charge is -2.43. The van der Waals surface area contributed by atoms with Crippen LogP contribution in [0.4, 0.5) is 26.3 Å². The van der Waals surface area contributed by atoms with Gasteiger partial charge in [0.25, 0.3) is 0 Å². The summed E-state index contributed by atoms with van der Waals surface area (Å²) < 4.78 is 80.4. The van der Waals surface area contributed by atoms with Crippen molar-refractivity contribution in [1.82, 2.24) is 25.0 Å². The Bertz CT molecular complexity index is 942. The Labute approximate surface area is 154 Å². The van der Waals surface area contributed by atoms with Gasteiger partial charge in [0.15, 0.2) is 17.5 Å². The molecule has 28 heavy (non-hydrogen) atoms. The lowest BCUT2D eigenvalue weighted by Crippen LogP contribution is -2.62. The van der Waals surface area contributed by atoms with Crippen LogP contribution in [0, 0.1) is 17.5 Å². The molecule has 1 fully saturated rings. The number of amides is 1. The number of rotatable bonds is 2. The Morgan fingerprint density at radius 2 is 1.82 bits per heavy atom. The van der Waals surface area contributed by atoms with Crippen LogP contribution in [-0.4, -0.2) is 37.8 Å². The molecule has 1 aromatic heterocycles. The van der Waals surface area contributed by atoms with E-state index in [1.165, 1.54) is 4.90 Å². The Morgan fingerprint density at radius 3 is 2.54 bits per heavy atom. The molecule has 0 aliphatic carbocycles. The van der Waals surface area contributed by atoms with Gasteiger partial charge in [-0.1, -0.05) is 0 Å². The maximum Gasteiger partial charge on any atom is 0.451 e. The number of benzene rings is 1. The van der Waals surface area contributed by atoms with E-state index in [0.717, 1.165) is 4.57 Å². The van der Waals surface area contributed by atoms with Crippen molar-refractivity contribution in [2.75, 3.05) is 0 Å². The second-order valence-electron chi connectivity index (χ2n) is 6.72. The minimum atomic E-state index is -4.69. The average Bonchev–Trinajstić information content (AvgIpc) is 3.01. The minimum Gasteiger partial charge on any atom is -0.318 e. The molecule has 3 heterocycles. The van der Waals surface area contributed by atoms with Gasteiger partial charge < -0.3 is 9.47 Å². The smallest absolute Gasteiger partial charge is 0.318 e. The van der Waals surface area contributed by atoms with E-state index in [-0.39, 0.29) is 43.2 Å². The molecule has 1 amide bonds. The van der Waals surface area contributed by atoms with Gasteiger partial charge in [0, 0.05) is 18.5 Å². The zero-order valence-corrected chi connectivity index (χ0v) is 14.1. The van der Waals surface area contributed by atoms with Crippen LogP contribution in [0.1, 0.15) is 23.6 Å². The third-order valence-corrected chi connectivity index (χ3v) is 4.85. The molecule has 2 aromatic rings. The molecule has 12 heteroatoms. The Hall–Kier alpha value is -2.63. The number of fused-ring (bicyclic) bond motifs is 2. The highest BCUT2D eigenvalue weighted by Crippen LogP contribution is 2.31. The van der Waals surface area contributed by atoms with Crippen molar-refractivity contribution in [3.8, 4) is 0 Å². The molecule has 2 aliphatic rings. The lowest BCUT2D eigenvalue weighted by atomic mass is 9.98. The predicted molar refractivity (Wildman–Crippen MR) is 80.9 cm³/mol. The molecule has 1 unspecified atom stereocenters. The van der Waals surface area contributed by atoms with E-state index >= 15 is 0 Å². The van der Waals surface area contributed by atoms with Crippen molar-refractivity contribution in [3.63, 3.8) is 0 Å². The van der Waals surface area contributed by atoms with Gasteiger partial charge in [-0.05, 0) is 18.1 Å². The highest BCUT2D eigenvalue weighted by molar-refractivity contribution is 5.78. The first-order valence-corrected chi connectivity index (χ1v) is 8.31. The highest BCUT2D eigenvalue weighted by atomic mass is 19.4. The van der Waals surface area contributed by atoms with Gasteiger partial charge in [0.1, 0.15) is 12.0 Å². The first kappa shape index (κ1) is 18.7. The van der Waals surface area contributed by atoms with E-state index in [4.69, 9.17) is 0 Å². The van der Waals surface area contributed by atoms with Crippen molar-refractivity contribution >= 4 is 5.91 Å². The number of alkyl halides is 3. The van der Waals surface area contributed by atoms with Crippen LogP contribution in [0.25, 0.3) is 0 Å². The zero-order valence-electron chi connectivity index (χ0n) is 14.1. The highest BCUT2D eigenvalue weighted by Gasteiger charge is 2.44. The van der Waals surface area contributed by atoms with Crippen molar-refractivity contribution in [2.45, 2.75) is 44.3 Å². The van der Waals surface area contributed by atoms with Crippen LogP contribution < -0.4 is 5.32 Å². The summed E-state index contributed by atoms with van der Waals surface area (Å²) in [5.74, 6) is -5.01. The van der Waals surface area contributed by atoms with Gasteiger partial charge in [-0.3, -0.25) is 10.1 Å². The lowest BCUT2D eigenvalue weighted by molar-refractivity contribution is -0.150. The first-order chi connectivity index (χ1) is 13.1. The fourth-order valence-corrected chi connectivity index (χ4v) is 3.57. The number of nitrogens with zero attached hydrogens (tertiary/aromatic N) is 4. The van der Waals surface area contributed by atoms with Crippen LogP contribution in [0.3, 0.4) is 0 Å². The number of halogens is 6. The fourth-order valence-electron chi connectivity index (χ4n) is 3.57. The zero-order chi connectivity index (χ0) is 20.2. The molecule has 4 rings (SSSR count). The first-order valence-electron chi connectivity index (χ1n) is 8.31. The van der Waals surface area contributed by atoms with Gasteiger partial charge >= 0.3 is 6.18 Å². The molecule has 2 atom stereocenters. The molecule has 6 nitrogen and oxygen atoms in total. The van der Waals surface area contributed by atoms with Gasteiger partial charge in [-0.25, -0.2) is 13.2 Å². The number of carbonyl (C=O) groups excluding carboxylic acids is 1. The van der Waals surface area contributed by atoms with Crippen LogP contribution >= 0.6 is 0 Å². The Morgan fingerprint density at radius 1 is 1.11 bits per heavy atom. The molecule has 150 valence electrons. The van der Waals surface area contributed by atoms with E-state index in [2.05, 4.69) is 15.5 Å². The van der Waals surface area contributed by atoms with Crippen LogP contribution in [0.2, 0.25) is 0 Å². The topological polar surface area (TPSA) is 63.1 Å². The Kier molecular flexibility index (Phi) is 4.32. The molecule has 0 radical (unpaired) electrons. The van der Waals surface area contributed by atoms with E-state index in [1.54, 1.807) is 0 Å². The number of carbonyl (C=O) groups is 1. The summed E-state index contributed by atoms with van der Waals surface area (Å²) in [6.45, 7) is -0.383. The van der Waals surface area contributed by atoms with E-state index in [9.17, 15) is 31.1 Å². The van der Waals surface area contributed by atoms with E-state index < -0.39 is 41.7 Å². The molecular weight excluding hydrogens is 392 g/mol. The average molecular weight is 405 g/mol. The van der Waals surface area contributed by atoms with E-state index in [0.29, 0.717) is 12.1 Å². The number of aromatic nitrogens is 3. The summed E-state index contributed by atoms with van der Waals surface area (Å²) in [5, 5.41) is 9.66. The summed E-state index contributed by atoms with van der Waals surface area (Å²) >= 11 is 0. The summed E-state index contributed by atoms with van der Waals surface area (Å²) in [6, 6.07) is 0.478. The third kappa shape index (κ3) is 3.21. The standard InChI is InChI=1S/C16H13F6N5O/c17-9-4-11(19)10(18)2-7(9)1-8-3-14(28)26-6-13-24-25-15(16(20,21)22)27(13)5-12(26)23-8/h2,4,8,12,23H,1,3,5-6H2/t8-,12?/m0/s1. The van der Waals surface area contributed by atoms with Gasteiger partial charge in [0.05, 0.1) is 13.1 Å². The van der Waals surface area contributed by atoms with Crippen LogP contribution in [0.15, 0.2) is 12.1 Å². The number of nitrogens with one attached hydrogen (secondary N) is 1. The summed E-state index contributed by atoms with van der Waals surface area (Å²) in [6.07, 6.45) is -5.68. The van der Waals surface area contributed by atoms with Crippen LogP contribution in [0.5, 0.6) is 0 Å². The monoisotopic (exact) mass is 405 g/mol. The molecule has 2 aliphatic heterocycles. The normalized spacial score (nSPS) is 22.2. The summed E-state index contributed by atoms with van der Waals surface area (Å²) in [4.78, 5) is 13.8. The number of hydrogen-bond donors (Lipinski definition) is 1. The molecule has 0 saturated carbocycles. The SMILES string of the molecule is O=C1C[C@H](Cc2cc(F)c(F)cc2F)NC2Cn3c(nnc3C(F)(F)F)CN12. The maximum atomic E-state index is 13.9. The predicted octanol–water partition coefficient (Wildman–Crippen LogP) is 1.99. The molecule has 0 spiro atoms. The third-order valence-electron chi connectivity index (χ3n) is 4.85. The molecule has 1 aromatic carbocycles. The Balaban J connectivity index is 1.56. The van der Waals surface area contributed by atoms with Crippen molar-refractivity contribution in [1.29, 1.82) is 0 Å². The molecule has 1 saturated heterocycles. The molecule has 0 bridgehead atoms.